The van der Waals surface area contributed by atoms with Gasteiger partial charge < -0.3 is 48.5 Å². The van der Waals surface area contributed by atoms with Gasteiger partial charge in [-0.25, -0.2) is 4.79 Å². The summed E-state index contributed by atoms with van der Waals surface area (Å²) in [5.74, 6) is -3.98. The van der Waals surface area contributed by atoms with E-state index < -0.39 is 60.6 Å². The zero-order chi connectivity index (χ0) is 23.4. The van der Waals surface area contributed by atoms with Crippen molar-refractivity contribution in [2.24, 2.45) is 22.2 Å². The number of aliphatic imine (C=N–C) groups is 1. The number of amides is 3. The molecule has 0 aliphatic carbocycles. The van der Waals surface area contributed by atoms with Crippen LogP contribution in [0, 0.1) is 0 Å². The lowest BCUT2D eigenvalue weighted by Gasteiger charge is -2.23. The zero-order valence-corrected chi connectivity index (χ0v) is 16.9. The van der Waals surface area contributed by atoms with Crippen molar-refractivity contribution in [3.63, 3.8) is 0 Å². The van der Waals surface area contributed by atoms with Crippen LogP contribution in [0.25, 0.3) is 0 Å². The SMILES string of the molecule is CC(O)C(N)C(=O)NC(C(=O)NCC(=O)NC(CCCN=C(N)N)C(=O)O)C(C)O. The number of aliphatic hydroxyl groups is 2. The maximum Gasteiger partial charge on any atom is 0.326 e. The fraction of sp³-hybridized carbons (Fsp3) is 0.688. The Morgan fingerprint density at radius 1 is 1.00 bits per heavy atom. The van der Waals surface area contributed by atoms with Gasteiger partial charge in [-0.05, 0) is 26.7 Å². The molecule has 14 nitrogen and oxygen atoms in total. The van der Waals surface area contributed by atoms with Crippen molar-refractivity contribution in [1.29, 1.82) is 0 Å². The van der Waals surface area contributed by atoms with E-state index in [1.165, 1.54) is 13.8 Å². The van der Waals surface area contributed by atoms with Gasteiger partial charge in [-0.3, -0.25) is 19.4 Å². The van der Waals surface area contributed by atoms with Crippen LogP contribution in [0.2, 0.25) is 0 Å². The number of guanidine groups is 1. The van der Waals surface area contributed by atoms with E-state index in [-0.39, 0.29) is 18.9 Å². The van der Waals surface area contributed by atoms with Gasteiger partial charge in [0.25, 0.3) is 0 Å². The number of nitrogens with two attached hydrogens (primary N) is 3. The normalized spacial score (nSPS) is 15.6. The quantitative estimate of drug-likeness (QED) is 0.0761. The molecule has 0 aliphatic heterocycles. The number of nitrogens with one attached hydrogen (secondary N) is 3. The Hall–Kier alpha value is -2.97. The molecule has 5 atom stereocenters. The highest BCUT2D eigenvalue weighted by Crippen LogP contribution is 1.99. The van der Waals surface area contributed by atoms with Crippen molar-refractivity contribution in [1.82, 2.24) is 16.0 Å². The molecule has 0 fully saturated rings. The minimum atomic E-state index is -1.44. The van der Waals surface area contributed by atoms with E-state index in [0.29, 0.717) is 6.42 Å². The Bertz CT molecular complexity index is 635. The molecule has 0 saturated heterocycles. The monoisotopic (exact) mass is 433 g/mol. The second kappa shape index (κ2) is 13.3. The second-order valence-electron chi connectivity index (χ2n) is 6.62. The summed E-state index contributed by atoms with van der Waals surface area (Å²) >= 11 is 0. The molecule has 0 bridgehead atoms. The van der Waals surface area contributed by atoms with Crippen molar-refractivity contribution >= 4 is 29.7 Å². The van der Waals surface area contributed by atoms with Crippen LogP contribution in [-0.2, 0) is 19.2 Å². The second-order valence-corrected chi connectivity index (χ2v) is 6.62. The molecule has 0 heterocycles. The number of carboxylic acid groups (broad SMARTS) is 1. The lowest BCUT2D eigenvalue weighted by atomic mass is 10.1. The highest BCUT2D eigenvalue weighted by molar-refractivity contribution is 5.93. The third-order valence-corrected chi connectivity index (χ3v) is 3.89. The highest BCUT2D eigenvalue weighted by Gasteiger charge is 2.29. The van der Waals surface area contributed by atoms with Crippen molar-refractivity contribution in [3.05, 3.63) is 0 Å². The van der Waals surface area contributed by atoms with Gasteiger partial charge in [0.2, 0.25) is 17.7 Å². The lowest BCUT2D eigenvalue weighted by Crippen LogP contribution is -2.58. The van der Waals surface area contributed by atoms with E-state index in [1.807, 2.05) is 0 Å². The maximum atomic E-state index is 12.2. The molecule has 0 saturated carbocycles. The number of aliphatic carboxylic acids is 1. The highest BCUT2D eigenvalue weighted by atomic mass is 16.4. The molecular weight excluding hydrogens is 402 g/mol. The third-order valence-electron chi connectivity index (χ3n) is 3.89. The summed E-state index contributed by atoms with van der Waals surface area (Å²) in [6, 6.07) is -3.98. The third kappa shape index (κ3) is 10.5. The number of carbonyl (C=O) groups is 4. The van der Waals surface area contributed by atoms with Crippen LogP contribution >= 0.6 is 0 Å². The summed E-state index contributed by atoms with van der Waals surface area (Å²) in [6.45, 7) is 2.10. The van der Waals surface area contributed by atoms with E-state index in [2.05, 4.69) is 20.9 Å². The molecule has 0 rings (SSSR count). The Morgan fingerprint density at radius 3 is 2.07 bits per heavy atom. The first-order valence-corrected chi connectivity index (χ1v) is 9.14. The number of aliphatic hydroxyl groups excluding tert-OH is 2. The van der Waals surface area contributed by atoms with Gasteiger partial charge in [0.1, 0.15) is 18.1 Å². The van der Waals surface area contributed by atoms with Crippen LogP contribution in [0.4, 0.5) is 0 Å². The minimum Gasteiger partial charge on any atom is -0.480 e. The van der Waals surface area contributed by atoms with Crippen LogP contribution in [-0.4, -0.2) is 88.4 Å². The average molecular weight is 433 g/mol. The topological polar surface area (TPSA) is 255 Å². The molecule has 0 aromatic heterocycles. The van der Waals surface area contributed by atoms with Gasteiger partial charge in [-0.15, -0.1) is 0 Å². The van der Waals surface area contributed by atoms with Crippen LogP contribution in [0.15, 0.2) is 4.99 Å². The summed E-state index contributed by atoms with van der Waals surface area (Å²) in [4.78, 5) is 51.0. The molecule has 5 unspecified atom stereocenters. The average Bonchev–Trinajstić information content (AvgIpc) is 2.64. The van der Waals surface area contributed by atoms with Gasteiger partial charge in [-0.1, -0.05) is 0 Å². The predicted molar refractivity (Wildman–Crippen MR) is 106 cm³/mol. The first kappa shape index (κ1) is 27.0. The van der Waals surface area contributed by atoms with E-state index >= 15 is 0 Å². The number of hydrogen-bond donors (Lipinski definition) is 9. The number of carboxylic acids is 1. The van der Waals surface area contributed by atoms with Crippen LogP contribution in [0.1, 0.15) is 26.7 Å². The van der Waals surface area contributed by atoms with E-state index in [0.717, 1.165) is 0 Å². The number of rotatable bonds is 13. The summed E-state index contributed by atoms with van der Waals surface area (Å²) in [6.07, 6.45) is -2.18. The van der Waals surface area contributed by atoms with Gasteiger partial charge in [0.15, 0.2) is 5.96 Å². The number of carbonyl (C=O) groups excluding carboxylic acids is 3. The van der Waals surface area contributed by atoms with E-state index in [9.17, 15) is 29.4 Å². The number of nitrogens with zero attached hydrogens (tertiary/aromatic N) is 1. The molecular formula is C16H31N7O7. The van der Waals surface area contributed by atoms with Crippen molar-refractivity contribution in [3.8, 4) is 0 Å². The standard InChI is InChI=1S/C16H31N7O7/c1-7(24)11(17)13(27)23-12(8(2)25)14(28)21-6-10(26)22-9(15(29)30)4-3-5-20-16(18)19/h7-9,11-12,24-25H,3-6,17H2,1-2H3,(H,21,28)(H,22,26)(H,23,27)(H,29,30)(H4,18,19,20). The molecule has 12 N–H and O–H groups in total. The Labute approximate surface area is 173 Å². The first-order chi connectivity index (χ1) is 13.9. The van der Waals surface area contributed by atoms with Crippen molar-refractivity contribution in [2.45, 2.75) is 57.0 Å². The van der Waals surface area contributed by atoms with Crippen molar-refractivity contribution < 1.29 is 34.5 Å². The smallest absolute Gasteiger partial charge is 0.326 e. The van der Waals surface area contributed by atoms with Crippen molar-refractivity contribution in [2.75, 3.05) is 13.1 Å². The van der Waals surface area contributed by atoms with Crippen LogP contribution < -0.4 is 33.2 Å². The minimum absolute atomic E-state index is 0.0510. The lowest BCUT2D eigenvalue weighted by molar-refractivity contribution is -0.142. The van der Waals surface area contributed by atoms with Gasteiger partial charge in [0.05, 0.1) is 18.8 Å². The molecule has 14 heteroatoms. The molecule has 3 amide bonds. The number of hydrogen-bond acceptors (Lipinski definition) is 8. The fourth-order valence-corrected chi connectivity index (χ4v) is 2.16. The van der Waals surface area contributed by atoms with Gasteiger partial charge in [0, 0.05) is 6.54 Å². The first-order valence-electron chi connectivity index (χ1n) is 9.14. The molecule has 0 aromatic rings. The predicted octanol–water partition coefficient (Wildman–Crippen LogP) is -4.70. The summed E-state index contributed by atoms with van der Waals surface area (Å²) < 4.78 is 0. The van der Waals surface area contributed by atoms with Gasteiger partial charge in [-0.2, -0.15) is 0 Å². The van der Waals surface area contributed by atoms with E-state index in [4.69, 9.17) is 22.3 Å². The largest absolute Gasteiger partial charge is 0.480 e. The maximum absolute atomic E-state index is 12.2. The van der Waals surface area contributed by atoms with Gasteiger partial charge >= 0.3 is 5.97 Å². The summed E-state index contributed by atoms with van der Waals surface area (Å²) in [5, 5.41) is 34.8. The summed E-state index contributed by atoms with van der Waals surface area (Å²) in [7, 11) is 0. The Kier molecular flexibility index (Phi) is 12.0. The molecule has 0 spiro atoms. The zero-order valence-electron chi connectivity index (χ0n) is 16.9. The van der Waals surface area contributed by atoms with Crippen LogP contribution in [0.3, 0.4) is 0 Å². The Morgan fingerprint density at radius 2 is 1.60 bits per heavy atom. The Balaban J connectivity index is 4.71. The molecule has 0 aromatic carbocycles. The van der Waals surface area contributed by atoms with E-state index in [1.54, 1.807) is 0 Å². The molecule has 172 valence electrons. The van der Waals surface area contributed by atoms with Crippen LogP contribution in [0.5, 0.6) is 0 Å². The summed E-state index contributed by atoms with van der Waals surface area (Å²) in [5.41, 5.74) is 15.8. The fourth-order valence-electron chi connectivity index (χ4n) is 2.16. The molecule has 0 radical (unpaired) electrons. The molecule has 30 heavy (non-hydrogen) atoms. The molecule has 0 aliphatic rings.